The minimum Gasteiger partial charge on any atom is -0.544 e. The second-order valence-electron chi connectivity index (χ2n) is 5.37. The molecule has 0 saturated carbocycles. The van der Waals surface area contributed by atoms with Crippen LogP contribution in [-0.2, 0) is 4.79 Å². The van der Waals surface area contributed by atoms with Gasteiger partial charge < -0.3 is 24.6 Å². The fourth-order valence-corrected chi connectivity index (χ4v) is 2.43. The van der Waals surface area contributed by atoms with Crippen molar-refractivity contribution < 1.29 is 24.6 Å². The van der Waals surface area contributed by atoms with Gasteiger partial charge in [-0.05, 0) is 44.5 Å². The summed E-state index contributed by atoms with van der Waals surface area (Å²) in [6, 6.07) is 6.28. The van der Waals surface area contributed by atoms with Gasteiger partial charge in [0.25, 0.3) is 0 Å². The smallest absolute Gasteiger partial charge is 0.153 e. The number of nitrogens with one attached hydrogen (secondary N) is 1. The Kier molecular flexibility index (Phi) is 7.19. The number of carboxylic acids is 1. The molecule has 0 saturated heterocycles. The molecule has 2 N–H and O–H groups in total. The summed E-state index contributed by atoms with van der Waals surface area (Å²) in [5.41, 5.74) is 0.669. The lowest BCUT2D eigenvalue weighted by molar-refractivity contribution is -0.925. The topological polar surface area (TPSA) is 74.0 Å². The Morgan fingerprint density at radius 1 is 1.29 bits per heavy atom. The van der Waals surface area contributed by atoms with Gasteiger partial charge in [-0.2, -0.15) is 0 Å². The van der Waals surface area contributed by atoms with E-state index in [2.05, 4.69) is 0 Å². The van der Waals surface area contributed by atoms with Gasteiger partial charge in [-0.15, -0.1) is 0 Å². The lowest BCUT2D eigenvalue weighted by atomic mass is 10.0. The normalized spacial score (nSPS) is 14.0. The molecule has 0 spiro atoms. The van der Waals surface area contributed by atoms with E-state index in [0.29, 0.717) is 24.4 Å². The van der Waals surface area contributed by atoms with E-state index in [1.54, 1.807) is 24.3 Å². The second-order valence-corrected chi connectivity index (χ2v) is 5.37. The first-order valence-corrected chi connectivity index (χ1v) is 7.42. The van der Waals surface area contributed by atoms with Crippen molar-refractivity contribution in [1.82, 2.24) is 0 Å². The maximum Gasteiger partial charge on any atom is 0.153 e. The highest BCUT2D eigenvalue weighted by atomic mass is 16.5. The van der Waals surface area contributed by atoms with Gasteiger partial charge in [0.05, 0.1) is 19.3 Å². The van der Waals surface area contributed by atoms with Gasteiger partial charge in [0.1, 0.15) is 18.3 Å². The predicted octanol–water partition coefficient (Wildman–Crippen LogP) is -0.448. The minimum absolute atomic E-state index is 0.0480. The number of aliphatic hydroxyl groups is 1. The number of aliphatic carboxylic acids is 1. The van der Waals surface area contributed by atoms with E-state index < -0.39 is 12.0 Å². The van der Waals surface area contributed by atoms with Crippen molar-refractivity contribution in [3.05, 3.63) is 29.8 Å². The highest BCUT2D eigenvalue weighted by Crippen LogP contribution is 2.17. The number of ether oxygens (including phenoxy) is 1. The minimum atomic E-state index is -1.12. The molecule has 1 aromatic rings. The first kappa shape index (κ1) is 17.5. The summed E-state index contributed by atoms with van der Waals surface area (Å²) in [5.74, 6) is -0.408. The van der Waals surface area contributed by atoms with Crippen molar-refractivity contribution in [3.8, 4) is 5.75 Å². The summed E-state index contributed by atoms with van der Waals surface area (Å²) in [6.07, 6.45) is 0.914. The van der Waals surface area contributed by atoms with Gasteiger partial charge in [0.15, 0.2) is 6.04 Å². The number of hydrogen-bond acceptors (Lipinski definition) is 4. The number of rotatable bonds is 9. The van der Waals surface area contributed by atoms with Crippen molar-refractivity contribution in [2.24, 2.45) is 0 Å². The zero-order valence-corrected chi connectivity index (χ0v) is 13.0. The largest absolute Gasteiger partial charge is 0.544 e. The number of hydrogen-bond donors (Lipinski definition) is 2. The summed E-state index contributed by atoms with van der Waals surface area (Å²) < 4.78 is 5.56. The van der Waals surface area contributed by atoms with Gasteiger partial charge in [-0.3, -0.25) is 0 Å². The average Bonchev–Trinajstić information content (AvgIpc) is 2.40. The maximum atomic E-state index is 11.5. The number of quaternary nitrogens is 1. The SMILES string of the molecule is CCC[NH+](CCO)[C@@H](C(=O)[O-])c1ccc(OC(C)C)cc1. The zero-order valence-electron chi connectivity index (χ0n) is 13.0. The fourth-order valence-electron chi connectivity index (χ4n) is 2.43. The summed E-state index contributed by atoms with van der Waals surface area (Å²) >= 11 is 0. The Bertz CT molecular complexity index is 424. The molecule has 0 amide bonds. The van der Waals surface area contributed by atoms with Crippen LogP contribution in [0.1, 0.15) is 38.8 Å². The number of aliphatic hydroxyl groups excluding tert-OH is 1. The molecule has 0 radical (unpaired) electrons. The number of carboxylic acid groups (broad SMARTS) is 1. The van der Waals surface area contributed by atoms with E-state index in [1.807, 2.05) is 20.8 Å². The van der Waals surface area contributed by atoms with Crippen molar-refractivity contribution in [2.75, 3.05) is 19.7 Å². The van der Waals surface area contributed by atoms with E-state index in [4.69, 9.17) is 9.84 Å². The first-order chi connectivity index (χ1) is 9.99. The molecule has 1 aromatic carbocycles. The summed E-state index contributed by atoms with van der Waals surface area (Å²) in [5, 5.41) is 20.6. The molecule has 0 bridgehead atoms. The second kappa shape index (κ2) is 8.64. The van der Waals surface area contributed by atoms with Crippen LogP contribution in [0.4, 0.5) is 0 Å². The molecule has 0 heterocycles. The van der Waals surface area contributed by atoms with Crippen LogP contribution in [0.3, 0.4) is 0 Å². The summed E-state index contributed by atoms with van der Waals surface area (Å²) in [6.45, 7) is 6.87. The molecule has 0 aliphatic carbocycles. The standard InChI is InChI=1S/C16H25NO4/c1-4-9-17(10-11-18)15(16(19)20)13-5-7-14(8-6-13)21-12(2)3/h5-8,12,15,18H,4,9-11H2,1-3H3,(H,19,20)/t15-/m1/s1. The predicted molar refractivity (Wildman–Crippen MR) is 78.0 cm³/mol. The molecular weight excluding hydrogens is 270 g/mol. The molecule has 1 unspecified atom stereocenters. The van der Waals surface area contributed by atoms with E-state index in [1.165, 1.54) is 0 Å². The summed E-state index contributed by atoms with van der Waals surface area (Å²) in [7, 11) is 0. The molecule has 0 aliphatic rings. The molecule has 0 fully saturated rings. The van der Waals surface area contributed by atoms with E-state index in [9.17, 15) is 9.90 Å². The van der Waals surface area contributed by atoms with Crippen LogP contribution in [0.25, 0.3) is 0 Å². The third kappa shape index (κ3) is 5.36. The van der Waals surface area contributed by atoms with E-state index in [0.717, 1.165) is 11.3 Å². The maximum absolute atomic E-state index is 11.5. The van der Waals surface area contributed by atoms with Crippen molar-refractivity contribution in [1.29, 1.82) is 0 Å². The van der Waals surface area contributed by atoms with Gasteiger partial charge in [-0.25, -0.2) is 0 Å². The Labute approximate surface area is 126 Å². The van der Waals surface area contributed by atoms with E-state index in [-0.39, 0.29) is 12.7 Å². The van der Waals surface area contributed by atoms with Crippen LogP contribution in [0.5, 0.6) is 5.75 Å². The van der Waals surface area contributed by atoms with Crippen LogP contribution in [0.2, 0.25) is 0 Å². The zero-order chi connectivity index (χ0) is 15.8. The Balaban J connectivity index is 2.96. The number of carbonyl (C=O) groups is 1. The number of carbonyl (C=O) groups excluding carboxylic acids is 1. The molecule has 118 valence electrons. The van der Waals surface area contributed by atoms with Gasteiger partial charge >= 0.3 is 0 Å². The highest BCUT2D eigenvalue weighted by Gasteiger charge is 2.24. The van der Waals surface area contributed by atoms with Gasteiger partial charge in [-0.1, -0.05) is 6.92 Å². The Morgan fingerprint density at radius 2 is 1.90 bits per heavy atom. The lowest BCUT2D eigenvalue weighted by Gasteiger charge is -2.29. The fraction of sp³-hybridized carbons (Fsp3) is 0.562. The Hall–Kier alpha value is -1.59. The molecular formula is C16H25NO4. The summed E-state index contributed by atoms with van der Waals surface area (Å²) in [4.78, 5) is 12.3. The van der Waals surface area contributed by atoms with E-state index >= 15 is 0 Å². The molecule has 0 aromatic heterocycles. The van der Waals surface area contributed by atoms with Gasteiger partial charge in [0, 0.05) is 5.56 Å². The van der Waals surface area contributed by atoms with Crippen LogP contribution in [0, 0.1) is 0 Å². The van der Waals surface area contributed by atoms with Crippen molar-refractivity contribution in [2.45, 2.75) is 39.3 Å². The molecule has 0 aliphatic heterocycles. The van der Waals surface area contributed by atoms with Crippen LogP contribution in [-0.4, -0.2) is 36.9 Å². The van der Waals surface area contributed by atoms with Gasteiger partial charge in [0.2, 0.25) is 0 Å². The molecule has 5 nitrogen and oxygen atoms in total. The highest BCUT2D eigenvalue weighted by molar-refractivity contribution is 5.71. The number of benzene rings is 1. The van der Waals surface area contributed by atoms with Crippen molar-refractivity contribution >= 4 is 5.97 Å². The monoisotopic (exact) mass is 295 g/mol. The third-order valence-corrected chi connectivity index (χ3v) is 3.23. The van der Waals surface area contributed by atoms with Crippen molar-refractivity contribution in [3.63, 3.8) is 0 Å². The van der Waals surface area contributed by atoms with Crippen LogP contribution >= 0.6 is 0 Å². The van der Waals surface area contributed by atoms with Crippen LogP contribution < -0.4 is 14.7 Å². The Morgan fingerprint density at radius 3 is 2.33 bits per heavy atom. The molecule has 1 rings (SSSR count). The van der Waals surface area contributed by atoms with Crippen LogP contribution in [0.15, 0.2) is 24.3 Å². The first-order valence-electron chi connectivity index (χ1n) is 7.42. The molecule has 5 heteroatoms. The lowest BCUT2D eigenvalue weighted by Crippen LogP contribution is -3.14. The average molecular weight is 295 g/mol. The quantitative estimate of drug-likeness (QED) is 0.647. The molecule has 2 atom stereocenters. The molecule has 21 heavy (non-hydrogen) atoms. The third-order valence-electron chi connectivity index (χ3n) is 3.23.